The fourth-order valence-electron chi connectivity index (χ4n) is 1.43. The van der Waals surface area contributed by atoms with E-state index in [1.807, 2.05) is 13.8 Å². The lowest BCUT2D eigenvalue weighted by Crippen LogP contribution is -2.28. The second kappa shape index (κ2) is 8.35. The Kier molecular flexibility index (Phi) is 6.76. The second-order valence-corrected chi connectivity index (χ2v) is 5.26. The van der Waals surface area contributed by atoms with Gasteiger partial charge in [0.1, 0.15) is 0 Å². The predicted molar refractivity (Wildman–Crippen MR) is 78.8 cm³/mol. The topological polar surface area (TPSA) is 76.1 Å². The summed E-state index contributed by atoms with van der Waals surface area (Å²) in [4.78, 5) is 19.8. The highest BCUT2D eigenvalue weighted by molar-refractivity contribution is 5.76. The number of ether oxygens (including phenoxy) is 1. The van der Waals surface area contributed by atoms with Crippen molar-refractivity contribution in [3.05, 3.63) is 12.3 Å². The Morgan fingerprint density at radius 2 is 2.10 bits per heavy atom. The number of nitrogens with zero attached hydrogens (tertiary/aromatic N) is 2. The molecule has 1 aromatic rings. The van der Waals surface area contributed by atoms with Crippen molar-refractivity contribution in [1.82, 2.24) is 15.3 Å². The number of nitrogens with one attached hydrogen (secondary N) is 2. The standard InChI is InChI=1S/C14H24N4O2/c1-10(2)9-17-12(19)5-7-15-14-16-8-6-13(18-14)20-11(3)4/h6,8,10-11H,5,7,9H2,1-4H3,(H,17,19)(H,15,16,18). The van der Waals surface area contributed by atoms with Crippen molar-refractivity contribution < 1.29 is 9.53 Å². The second-order valence-electron chi connectivity index (χ2n) is 5.26. The van der Waals surface area contributed by atoms with E-state index in [1.54, 1.807) is 12.3 Å². The van der Waals surface area contributed by atoms with Gasteiger partial charge in [-0.25, -0.2) is 4.98 Å². The molecule has 0 saturated heterocycles. The molecule has 0 radical (unpaired) electrons. The first-order valence-electron chi connectivity index (χ1n) is 6.97. The SMILES string of the molecule is CC(C)CNC(=O)CCNc1nccc(OC(C)C)n1. The molecule has 20 heavy (non-hydrogen) atoms. The molecular formula is C14H24N4O2. The maximum Gasteiger partial charge on any atom is 0.225 e. The van der Waals surface area contributed by atoms with E-state index in [2.05, 4.69) is 34.4 Å². The molecule has 0 aliphatic heterocycles. The number of anilines is 1. The normalized spacial score (nSPS) is 10.7. The van der Waals surface area contributed by atoms with E-state index in [-0.39, 0.29) is 12.0 Å². The molecule has 0 atom stereocenters. The summed E-state index contributed by atoms with van der Waals surface area (Å²) in [5.41, 5.74) is 0. The van der Waals surface area contributed by atoms with Gasteiger partial charge in [0.2, 0.25) is 17.7 Å². The first-order chi connectivity index (χ1) is 9.47. The Morgan fingerprint density at radius 3 is 2.75 bits per heavy atom. The molecule has 0 aromatic carbocycles. The Labute approximate surface area is 120 Å². The lowest BCUT2D eigenvalue weighted by atomic mass is 10.2. The Hall–Kier alpha value is -1.85. The van der Waals surface area contributed by atoms with E-state index in [4.69, 9.17) is 4.74 Å². The molecule has 112 valence electrons. The molecule has 0 bridgehead atoms. The maximum atomic E-state index is 11.5. The van der Waals surface area contributed by atoms with Crippen molar-refractivity contribution in [1.29, 1.82) is 0 Å². The van der Waals surface area contributed by atoms with Crippen LogP contribution in [0.15, 0.2) is 12.3 Å². The third-order valence-corrected chi connectivity index (χ3v) is 2.33. The van der Waals surface area contributed by atoms with Crippen LogP contribution in [0.1, 0.15) is 34.1 Å². The van der Waals surface area contributed by atoms with Crippen LogP contribution in [-0.4, -0.2) is 35.1 Å². The zero-order valence-corrected chi connectivity index (χ0v) is 12.6. The number of carbonyl (C=O) groups excluding carboxylic acids is 1. The molecule has 0 aliphatic rings. The largest absolute Gasteiger partial charge is 0.475 e. The van der Waals surface area contributed by atoms with Crippen molar-refractivity contribution in [3.63, 3.8) is 0 Å². The summed E-state index contributed by atoms with van der Waals surface area (Å²) in [6, 6.07) is 1.71. The zero-order valence-electron chi connectivity index (χ0n) is 12.6. The highest BCUT2D eigenvalue weighted by Crippen LogP contribution is 2.09. The van der Waals surface area contributed by atoms with Crippen LogP contribution in [0.25, 0.3) is 0 Å². The molecule has 1 amide bonds. The number of rotatable bonds is 8. The van der Waals surface area contributed by atoms with E-state index in [0.717, 1.165) is 0 Å². The summed E-state index contributed by atoms with van der Waals surface area (Å²) in [6.07, 6.45) is 2.09. The van der Waals surface area contributed by atoms with Crippen LogP contribution < -0.4 is 15.4 Å². The summed E-state index contributed by atoms with van der Waals surface area (Å²) in [6.45, 7) is 9.20. The summed E-state index contributed by atoms with van der Waals surface area (Å²) in [5, 5.41) is 5.88. The molecule has 0 aliphatic carbocycles. The molecule has 0 saturated carbocycles. The summed E-state index contributed by atoms with van der Waals surface area (Å²) >= 11 is 0. The van der Waals surface area contributed by atoms with Gasteiger partial charge in [0, 0.05) is 31.8 Å². The van der Waals surface area contributed by atoms with Crippen LogP contribution in [0, 0.1) is 5.92 Å². The minimum atomic E-state index is 0.0285. The fourth-order valence-corrected chi connectivity index (χ4v) is 1.43. The Balaban J connectivity index is 2.33. The van der Waals surface area contributed by atoms with E-state index in [0.29, 0.717) is 37.3 Å². The van der Waals surface area contributed by atoms with E-state index < -0.39 is 0 Å². The van der Waals surface area contributed by atoms with Gasteiger partial charge in [0.15, 0.2) is 0 Å². The number of hydrogen-bond donors (Lipinski definition) is 2. The lowest BCUT2D eigenvalue weighted by molar-refractivity contribution is -0.120. The van der Waals surface area contributed by atoms with Gasteiger partial charge in [-0.3, -0.25) is 4.79 Å². The summed E-state index contributed by atoms with van der Waals surface area (Å²) < 4.78 is 5.48. The highest BCUT2D eigenvalue weighted by Gasteiger charge is 2.04. The van der Waals surface area contributed by atoms with E-state index in [1.165, 1.54) is 0 Å². The number of aromatic nitrogens is 2. The average Bonchev–Trinajstić information content (AvgIpc) is 2.36. The third-order valence-electron chi connectivity index (χ3n) is 2.33. The van der Waals surface area contributed by atoms with Gasteiger partial charge in [0.05, 0.1) is 6.10 Å². The van der Waals surface area contributed by atoms with Crippen LogP contribution in [0.2, 0.25) is 0 Å². The third kappa shape index (κ3) is 6.92. The van der Waals surface area contributed by atoms with Crippen LogP contribution >= 0.6 is 0 Å². The smallest absolute Gasteiger partial charge is 0.225 e. The first-order valence-corrected chi connectivity index (χ1v) is 6.97. The Morgan fingerprint density at radius 1 is 1.35 bits per heavy atom. The van der Waals surface area contributed by atoms with Gasteiger partial charge in [-0.15, -0.1) is 0 Å². The lowest BCUT2D eigenvalue weighted by Gasteiger charge is -2.10. The van der Waals surface area contributed by atoms with Crippen LogP contribution in [-0.2, 0) is 4.79 Å². The molecule has 6 nitrogen and oxygen atoms in total. The minimum Gasteiger partial charge on any atom is -0.475 e. The number of carbonyl (C=O) groups is 1. The van der Waals surface area contributed by atoms with Crippen molar-refractivity contribution >= 4 is 11.9 Å². The fraction of sp³-hybridized carbons (Fsp3) is 0.643. The van der Waals surface area contributed by atoms with Crippen molar-refractivity contribution in [2.75, 3.05) is 18.4 Å². The molecule has 6 heteroatoms. The summed E-state index contributed by atoms with van der Waals surface area (Å²) in [5.74, 6) is 1.49. The molecular weight excluding hydrogens is 256 g/mol. The molecule has 0 fully saturated rings. The molecule has 1 rings (SSSR count). The molecule has 1 aromatic heterocycles. The molecule has 0 unspecified atom stereocenters. The van der Waals surface area contributed by atoms with Gasteiger partial charge < -0.3 is 15.4 Å². The van der Waals surface area contributed by atoms with Gasteiger partial charge >= 0.3 is 0 Å². The molecule has 1 heterocycles. The van der Waals surface area contributed by atoms with Crippen LogP contribution in [0.5, 0.6) is 5.88 Å². The van der Waals surface area contributed by atoms with E-state index >= 15 is 0 Å². The minimum absolute atomic E-state index is 0.0285. The quantitative estimate of drug-likeness (QED) is 0.760. The zero-order chi connectivity index (χ0) is 15.0. The Bertz CT molecular complexity index is 421. The summed E-state index contributed by atoms with van der Waals surface area (Å²) in [7, 11) is 0. The average molecular weight is 280 g/mol. The first kappa shape index (κ1) is 16.2. The molecule has 0 spiro atoms. The predicted octanol–water partition coefficient (Wildman–Crippen LogP) is 1.84. The monoisotopic (exact) mass is 280 g/mol. The van der Waals surface area contributed by atoms with E-state index in [9.17, 15) is 4.79 Å². The van der Waals surface area contributed by atoms with Crippen molar-refractivity contribution in [2.24, 2.45) is 5.92 Å². The van der Waals surface area contributed by atoms with Crippen LogP contribution in [0.3, 0.4) is 0 Å². The van der Waals surface area contributed by atoms with Gasteiger partial charge in [-0.1, -0.05) is 13.8 Å². The maximum absolute atomic E-state index is 11.5. The van der Waals surface area contributed by atoms with Crippen LogP contribution in [0.4, 0.5) is 5.95 Å². The highest BCUT2D eigenvalue weighted by atomic mass is 16.5. The van der Waals surface area contributed by atoms with Crippen molar-refractivity contribution in [2.45, 2.75) is 40.2 Å². The molecule has 2 N–H and O–H groups in total. The number of amides is 1. The van der Waals surface area contributed by atoms with Gasteiger partial charge in [-0.2, -0.15) is 4.98 Å². The van der Waals surface area contributed by atoms with Crippen molar-refractivity contribution in [3.8, 4) is 5.88 Å². The number of hydrogen-bond acceptors (Lipinski definition) is 5. The van der Waals surface area contributed by atoms with Gasteiger partial charge in [0.25, 0.3) is 0 Å². The van der Waals surface area contributed by atoms with Gasteiger partial charge in [-0.05, 0) is 19.8 Å².